The largest absolute Gasteiger partial charge is 0.0843 e. The molecule has 0 saturated carbocycles. The molecular weight excluding hydrogens is 168 g/mol. The Hall–Kier alpha value is -0.490. The van der Waals surface area contributed by atoms with Crippen LogP contribution in [-0.4, -0.2) is 0 Å². The molecule has 0 N–H and O–H groups in total. The molecule has 0 heterocycles. The first-order valence-corrected chi connectivity index (χ1v) is 4.80. The maximum absolute atomic E-state index is 5.64. The van der Waals surface area contributed by atoms with Crippen LogP contribution in [0, 0.1) is 6.92 Å². The van der Waals surface area contributed by atoms with Crippen molar-refractivity contribution in [1.82, 2.24) is 0 Å². The Bertz CT molecular complexity index is 187. The molecule has 1 aromatic carbocycles. The third-order valence-corrected chi connectivity index (χ3v) is 1.72. The van der Waals surface area contributed by atoms with Crippen LogP contribution in [0.15, 0.2) is 24.3 Å². The quantitative estimate of drug-likeness (QED) is 0.605. The van der Waals surface area contributed by atoms with E-state index in [0.717, 1.165) is 5.02 Å². The summed E-state index contributed by atoms with van der Waals surface area (Å²) in [5, 5.41) is 0.810. The summed E-state index contributed by atoms with van der Waals surface area (Å²) in [7, 11) is 0. The van der Waals surface area contributed by atoms with Crippen molar-refractivity contribution in [2.24, 2.45) is 0 Å². The summed E-state index contributed by atoms with van der Waals surface area (Å²) in [6.45, 7) is 6.38. The maximum atomic E-state index is 5.64. The SMILES string of the molecule is CCCC.Cc1cccc(Cl)c1. The molecule has 0 aromatic heterocycles. The number of unbranched alkanes of at least 4 members (excludes halogenated alkanes) is 1. The zero-order chi connectivity index (χ0) is 9.40. The number of halogens is 1. The summed E-state index contributed by atoms with van der Waals surface area (Å²) >= 11 is 5.64. The van der Waals surface area contributed by atoms with Crippen LogP contribution in [0.3, 0.4) is 0 Å². The summed E-state index contributed by atoms with van der Waals surface area (Å²) in [6, 6.07) is 7.76. The lowest BCUT2D eigenvalue weighted by Gasteiger charge is -1.88. The van der Waals surface area contributed by atoms with Gasteiger partial charge < -0.3 is 0 Å². The van der Waals surface area contributed by atoms with E-state index in [1.807, 2.05) is 31.2 Å². The molecule has 0 aliphatic heterocycles. The molecule has 1 rings (SSSR count). The van der Waals surface area contributed by atoms with Crippen molar-refractivity contribution in [2.45, 2.75) is 33.6 Å². The lowest BCUT2D eigenvalue weighted by atomic mass is 10.2. The first-order chi connectivity index (χ1) is 5.70. The van der Waals surface area contributed by atoms with E-state index in [1.165, 1.54) is 18.4 Å². The van der Waals surface area contributed by atoms with Crippen molar-refractivity contribution in [2.75, 3.05) is 0 Å². The van der Waals surface area contributed by atoms with Gasteiger partial charge in [-0.25, -0.2) is 0 Å². The minimum atomic E-state index is 0.810. The standard InChI is InChI=1S/C7H7Cl.C4H10/c1-6-3-2-4-7(8)5-6;1-3-4-2/h2-5H,1H3;3-4H2,1-2H3. The van der Waals surface area contributed by atoms with Crippen LogP contribution in [0.25, 0.3) is 0 Å². The molecule has 68 valence electrons. The third-order valence-electron chi connectivity index (χ3n) is 1.48. The molecule has 0 aliphatic carbocycles. The van der Waals surface area contributed by atoms with E-state index in [4.69, 9.17) is 11.6 Å². The van der Waals surface area contributed by atoms with Crippen LogP contribution in [-0.2, 0) is 0 Å². The summed E-state index contributed by atoms with van der Waals surface area (Å²) in [5.41, 5.74) is 1.21. The average molecular weight is 185 g/mol. The van der Waals surface area contributed by atoms with E-state index in [1.54, 1.807) is 0 Å². The minimum absolute atomic E-state index is 0.810. The summed E-state index contributed by atoms with van der Waals surface area (Å²) in [6.07, 6.45) is 2.64. The average Bonchev–Trinajstić information content (AvgIpc) is 2.04. The normalized spacial score (nSPS) is 8.67. The van der Waals surface area contributed by atoms with Gasteiger partial charge in [-0.3, -0.25) is 0 Å². The molecule has 0 radical (unpaired) electrons. The highest BCUT2D eigenvalue weighted by Crippen LogP contribution is 2.08. The molecule has 12 heavy (non-hydrogen) atoms. The molecule has 0 fully saturated rings. The van der Waals surface area contributed by atoms with Gasteiger partial charge in [0.1, 0.15) is 0 Å². The van der Waals surface area contributed by atoms with E-state index < -0.39 is 0 Å². The number of rotatable bonds is 1. The zero-order valence-corrected chi connectivity index (χ0v) is 8.86. The van der Waals surface area contributed by atoms with Crippen molar-refractivity contribution < 1.29 is 0 Å². The highest BCUT2D eigenvalue weighted by molar-refractivity contribution is 6.30. The lowest BCUT2D eigenvalue weighted by Crippen LogP contribution is -1.66. The van der Waals surface area contributed by atoms with Crippen LogP contribution in [0.2, 0.25) is 5.02 Å². The van der Waals surface area contributed by atoms with E-state index in [0.29, 0.717) is 0 Å². The number of hydrogen-bond donors (Lipinski definition) is 0. The monoisotopic (exact) mass is 184 g/mol. The first-order valence-electron chi connectivity index (χ1n) is 4.42. The van der Waals surface area contributed by atoms with Crippen LogP contribution < -0.4 is 0 Å². The van der Waals surface area contributed by atoms with Gasteiger partial charge in [0.05, 0.1) is 0 Å². The number of hydrogen-bond acceptors (Lipinski definition) is 0. The van der Waals surface area contributed by atoms with Crippen molar-refractivity contribution in [3.05, 3.63) is 34.9 Å². The van der Waals surface area contributed by atoms with Crippen molar-refractivity contribution >= 4 is 11.6 Å². The Kier molecular flexibility index (Phi) is 6.88. The van der Waals surface area contributed by atoms with Crippen LogP contribution >= 0.6 is 11.6 Å². The van der Waals surface area contributed by atoms with Gasteiger partial charge in [-0.05, 0) is 24.6 Å². The smallest absolute Gasteiger partial charge is 0.0408 e. The molecule has 0 saturated heterocycles. The van der Waals surface area contributed by atoms with E-state index >= 15 is 0 Å². The van der Waals surface area contributed by atoms with Crippen molar-refractivity contribution in [3.8, 4) is 0 Å². The molecule has 0 aliphatic rings. The molecule has 0 amide bonds. The van der Waals surface area contributed by atoms with Crippen LogP contribution in [0.1, 0.15) is 32.3 Å². The Morgan fingerprint density at radius 2 is 1.75 bits per heavy atom. The predicted molar refractivity (Wildman–Crippen MR) is 56.8 cm³/mol. The zero-order valence-electron chi connectivity index (χ0n) is 8.10. The van der Waals surface area contributed by atoms with E-state index in [9.17, 15) is 0 Å². The number of aryl methyl sites for hydroxylation is 1. The Labute approximate surface area is 80.6 Å². The Balaban J connectivity index is 0.000000261. The fourth-order valence-corrected chi connectivity index (χ4v) is 0.850. The van der Waals surface area contributed by atoms with Crippen molar-refractivity contribution in [1.29, 1.82) is 0 Å². The van der Waals surface area contributed by atoms with Gasteiger partial charge >= 0.3 is 0 Å². The van der Waals surface area contributed by atoms with Gasteiger partial charge in [0.25, 0.3) is 0 Å². The van der Waals surface area contributed by atoms with Crippen LogP contribution in [0.5, 0.6) is 0 Å². The summed E-state index contributed by atoms with van der Waals surface area (Å²) in [4.78, 5) is 0. The fraction of sp³-hybridized carbons (Fsp3) is 0.455. The van der Waals surface area contributed by atoms with Crippen molar-refractivity contribution in [3.63, 3.8) is 0 Å². The molecular formula is C11H17Cl. The molecule has 1 aromatic rings. The highest BCUT2D eigenvalue weighted by atomic mass is 35.5. The Morgan fingerprint density at radius 3 is 2.00 bits per heavy atom. The van der Waals surface area contributed by atoms with Gasteiger partial charge in [-0.1, -0.05) is 50.4 Å². The summed E-state index contributed by atoms with van der Waals surface area (Å²) < 4.78 is 0. The molecule has 0 spiro atoms. The summed E-state index contributed by atoms with van der Waals surface area (Å²) in [5.74, 6) is 0. The Morgan fingerprint density at radius 1 is 1.17 bits per heavy atom. The second-order valence-corrected chi connectivity index (χ2v) is 3.24. The second kappa shape index (κ2) is 7.17. The molecule has 0 atom stereocenters. The van der Waals surface area contributed by atoms with Crippen LogP contribution in [0.4, 0.5) is 0 Å². The highest BCUT2D eigenvalue weighted by Gasteiger charge is 1.82. The van der Waals surface area contributed by atoms with Gasteiger partial charge in [0.2, 0.25) is 0 Å². The molecule has 0 bridgehead atoms. The van der Waals surface area contributed by atoms with Gasteiger partial charge in [0, 0.05) is 5.02 Å². The maximum Gasteiger partial charge on any atom is 0.0408 e. The molecule has 1 heteroatoms. The van der Waals surface area contributed by atoms with E-state index in [-0.39, 0.29) is 0 Å². The van der Waals surface area contributed by atoms with Gasteiger partial charge in [-0.15, -0.1) is 0 Å². The van der Waals surface area contributed by atoms with E-state index in [2.05, 4.69) is 13.8 Å². The number of benzene rings is 1. The second-order valence-electron chi connectivity index (χ2n) is 2.80. The minimum Gasteiger partial charge on any atom is -0.0843 e. The molecule has 0 unspecified atom stereocenters. The van der Waals surface area contributed by atoms with Gasteiger partial charge in [0.15, 0.2) is 0 Å². The lowest BCUT2D eigenvalue weighted by molar-refractivity contribution is 0.886. The first kappa shape index (κ1) is 11.5. The fourth-order valence-electron chi connectivity index (χ4n) is 0.606. The topological polar surface area (TPSA) is 0 Å². The van der Waals surface area contributed by atoms with Gasteiger partial charge in [-0.2, -0.15) is 0 Å². The molecule has 0 nitrogen and oxygen atoms in total. The predicted octanol–water partition coefficient (Wildman–Crippen LogP) is 4.45. The third kappa shape index (κ3) is 6.23.